The van der Waals surface area contributed by atoms with Crippen LogP contribution in [0.5, 0.6) is 0 Å². The molecule has 2 heterocycles. The van der Waals surface area contributed by atoms with Crippen LogP contribution in [0.3, 0.4) is 0 Å². The molecule has 2 atom stereocenters. The van der Waals surface area contributed by atoms with Gasteiger partial charge in [0.15, 0.2) is 0 Å². The Morgan fingerprint density at radius 3 is 2.61 bits per heavy atom. The summed E-state index contributed by atoms with van der Waals surface area (Å²) in [6, 6.07) is 5.84. The number of aryl methyl sites for hydroxylation is 1. The summed E-state index contributed by atoms with van der Waals surface area (Å²) in [5, 5.41) is 3.05. The van der Waals surface area contributed by atoms with Gasteiger partial charge >= 0.3 is 0 Å². The zero-order chi connectivity index (χ0) is 19.7. The normalized spacial score (nSPS) is 21.3. The zero-order valence-electron chi connectivity index (χ0n) is 16.0. The van der Waals surface area contributed by atoms with Gasteiger partial charge in [0.25, 0.3) is 0 Å². The number of halogens is 1. The van der Waals surface area contributed by atoms with Gasteiger partial charge in [0, 0.05) is 38.4 Å². The molecule has 7 heteroatoms. The minimum atomic E-state index is -0.497. The van der Waals surface area contributed by atoms with Crippen LogP contribution < -0.4 is 5.32 Å². The number of hydrogen-bond donors (Lipinski definition) is 1. The van der Waals surface area contributed by atoms with Gasteiger partial charge in [-0.3, -0.25) is 9.59 Å². The third kappa shape index (κ3) is 3.66. The Morgan fingerprint density at radius 2 is 1.96 bits per heavy atom. The van der Waals surface area contributed by atoms with E-state index in [0.29, 0.717) is 12.4 Å². The van der Waals surface area contributed by atoms with E-state index in [0.717, 1.165) is 31.2 Å². The lowest BCUT2D eigenvalue weighted by Crippen LogP contribution is -2.38. The lowest BCUT2D eigenvalue weighted by molar-refractivity contribution is -0.130. The van der Waals surface area contributed by atoms with Crippen LogP contribution in [0.1, 0.15) is 49.5 Å². The molecule has 1 saturated heterocycles. The van der Waals surface area contributed by atoms with Crippen molar-refractivity contribution < 1.29 is 14.0 Å². The molecule has 1 aliphatic carbocycles. The quantitative estimate of drug-likeness (QED) is 0.862. The number of rotatable bonds is 5. The second kappa shape index (κ2) is 7.73. The SMILES string of the molecule is Cn1ccnc1[C@@H](NC(=O)[C@H]1CC(=O)N(C2CCCC2)C1)c1ccc(F)cc1. The number of nitrogens with one attached hydrogen (secondary N) is 1. The maximum atomic E-state index is 13.4. The summed E-state index contributed by atoms with van der Waals surface area (Å²) in [6.45, 7) is 0.478. The average molecular weight is 384 g/mol. The fourth-order valence-electron chi connectivity index (χ4n) is 4.34. The molecule has 0 spiro atoms. The maximum absolute atomic E-state index is 13.4. The summed E-state index contributed by atoms with van der Waals surface area (Å²) in [5.74, 6) is -0.121. The number of imidazole rings is 1. The molecule has 2 aromatic rings. The lowest BCUT2D eigenvalue weighted by atomic mass is 10.0. The first-order valence-corrected chi connectivity index (χ1v) is 9.85. The maximum Gasteiger partial charge on any atom is 0.226 e. The highest BCUT2D eigenvalue weighted by Gasteiger charge is 2.39. The van der Waals surface area contributed by atoms with Gasteiger partial charge in [0.1, 0.15) is 17.7 Å². The minimum absolute atomic E-state index is 0.0716. The number of amides is 2. The fourth-order valence-corrected chi connectivity index (χ4v) is 4.34. The molecule has 28 heavy (non-hydrogen) atoms. The number of nitrogens with zero attached hydrogens (tertiary/aromatic N) is 3. The van der Waals surface area contributed by atoms with Crippen molar-refractivity contribution >= 4 is 11.8 Å². The van der Waals surface area contributed by atoms with Crippen molar-refractivity contribution in [2.75, 3.05) is 6.54 Å². The first kappa shape index (κ1) is 18.7. The van der Waals surface area contributed by atoms with Crippen molar-refractivity contribution in [1.29, 1.82) is 0 Å². The Labute approximate surface area is 163 Å². The van der Waals surface area contributed by atoms with Crippen molar-refractivity contribution in [3.63, 3.8) is 0 Å². The molecule has 6 nitrogen and oxygen atoms in total. The Bertz CT molecular complexity index is 858. The number of hydrogen-bond acceptors (Lipinski definition) is 3. The predicted octanol–water partition coefficient (Wildman–Crippen LogP) is 2.56. The Kier molecular flexibility index (Phi) is 5.15. The van der Waals surface area contributed by atoms with Crippen LogP contribution in [-0.2, 0) is 16.6 Å². The van der Waals surface area contributed by atoms with Crippen LogP contribution in [0.2, 0.25) is 0 Å². The summed E-state index contributed by atoms with van der Waals surface area (Å²) < 4.78 is 15.2. The fraction of sp³-hybridized carbons (Fsp3) is 0.476. The van der Waals surface area contributed by atoms with E-state index in [1.165, 1.54) is 12.1 Å². The molecule has 1 aromatic heterocycles. The molecule has 2 amide bonds. The van der Waals surface area contributed by atoms with E-state index in [1.54, 1.807) is 24.5 Å². The van der Waals surface area contributed by atoms with Crippen molar-refractivity contribution in [1.82, 2.24) is 19.8 Å². The number of carbonyl (C=O) groups is 2. The Hall–Kier alpha value is -2.70. The van der Waals surface area contributed by atoms with Crippen molar-refractivity contribution in [2.24, 2.45) is 13.0 Å². The lowest BCUT2D eigenvalue weighted by Gasteiger charge is -2.24. The molecule has 4 rings (SSSR count). The molecule has 1 N–H and O–H groups in total. The second-order valence-electron chi connectivity index (χ2n) is 7.77. The number of benzene rings is 1. The van der Waals surface area contributed by atoms with Crippen molar-refractivity contribution in [2.45, 2.75) is 44.2 Å². The number of aromatic nitrogens is 2. The average Bonchev–Trinajstić information content (AvgIpc) is 3.41. The number of carbonyl (C=O) groups excluding carboxylic acids is 2. The summed E-state index contributed by atoms with van der Waals surface area (Å²) in [7, 11) is 1.85. The third-order valence-corrected chi connectivity index (χ3v) is 5.90. The molecule has 0 bridgehead atoms. The highest BCUT2D eigenvalue weighted by Crippen LogP contribution is 2.30. The second-order valence-corrected chi connectivity index (χ2v) is 7.77. The van der Waals surface area contributed by atoms with E-state index in [9.17, 15) is 14.0 Å². The van der Waals surface area contributed by atoms with E-state index >= 15 is 0 Å². The Morgan fingerprint density at radius 1 is 1.25 bits per heavy atom. The zero-order valence-corrected chi connectivity index (χ0v) is 16.0. The monoisotopic (exact) mass is 384 g/mol. The van der Waals surface area contributed by atoms with E-state index < -0.39 is 6.04 Å². The summed E-state index contributed by atoms with van der Waals surface area (Å²) in [6.07, 6.45) is 8.09. The molecular weight excluding hydrogens is 359 g/mol. The molecule has 1 aliphatic heterocycles. The van der Waals surface area contributed by atoms with Crippen LogP contribution >= 0.6 is 0 Å². The summed E-state index contributed by atoms with van der Waals surface area (Å²) in [5.41, 5.74) is 0.751. The minimum Gasteiger partial charge on any atom is -0.342 e. The predicted molar refractivity (Wildman–Crippen MR) is 102 cm³/mol. The van der Waals surface area contributed by atoms with Gasteiger partial charge in [-0.25, -0.2) is 9.37 Å². The van der Waals surface area contributed by atoms with Crippen molar-refractivity contribution in [3.05, 3.63) is 53.9 Å². The largest absolute Gasteiger partial charge is 0.342 e. The van der Waals surface area contributed by atoms with E-state index in [2.05, 4.69) is 10.3 Å². The molecule has 148 valence electrons. The molecule has 2 fully saturated rings. The topological polar surface area (TPSA) is 67.2 Å². The van der Waals surface area contributed by atoms with Crippen LogP contribution in [0, 0.1) is 11.7 Å². The van der Waals surface area contributed by atoms with Crippen LogP contribution in [0.4, 0.5) is 4.39 Å². The highest BCUT2D eigenvalue weighted by atomic mass is 19.1. The third-order valence-electron chi connectivity index (χ3n) is 5.90. The van der Waals surface area contributed by atoms with E-state index in [4.69, 9.17) is 0 Å². The molecule has 2 aliphatic rings. The van der Waals surface area contributed by atoms with E-state index in [1.807, 2.05) is 16.5 Å². The van der Waals surface area contributed by atoms with Crippen LogP contribution in [-0.4, -0.2) is 38.9 Å². The summed E-state index contributed by atoms with van der Waals surface area (Å²) >= 11 is 0. The van der Waals surface area contributed by atoms with Gasteiger partial charge in [0.05, 0.1) is 5.92 Å². The van der Waals surface area contributed by atoms with Gasteiger partial charge in [0.2, 0.25) is 11.8 Å². The standard InChI is InChI=1S/C21H25FN4O2/c1-25-11-10-23-20(25)19(14-6-8-16(22)9-7-14)24-21(28)15-12-18(27)26(13-15)17-4-2-3-5-17/h6-11,15,17,19H,2-5,12-13H2,1H3,(H,24,28)/t15-,19-/m0/s1. The molecule has 0 unspecified atom stereocenters. The van der Waals surface area contributed by atoms with E-state index in [-0.39, 0.29) is 36.0 Å². The van der Waals surface area contributed by atoms with Gasteiger partial charge in [-0.2, -0.15) is 0 Å². The van der Waals surface area contributed by atoms with Gasteiger partial charge in [-0.05, 0) is 30.5 Å². The molecule has 1 saturated carbocycles. The highest BCUT2D eigenvalue weighted by molar-refractivity contribution is 5.89. The number of likely N-dealkylation sites (tertiary alicyclic amines) is 1. The van der Waals surface area contributed by atoms with Crippen molar-refractivity contribution in [3.8, 4) is 0 Å². The van der Waals surface area contributed by atoms with Gasteiger partial charge in [-0.15, -0.1) is 0 Å². The van der Waals surface area contributed by atoms with Gasteiger partial charge < -0.3 is 14.8 Å². The molecule has 0 radical (unpaired) electrons. The first-order chi connectivity index (χ1) is 13.5. The van der Waals surface area contributed by atoms with Crippen LogP contribution in [0.25, 0.3) is 0 Å². The Balaban J connectivity index is 1.52. The summed E-state index contributed by atoms with van der Waals surface area (Å²) in [4.78, 5) is 31.7. The van der Waals surface area contributed by atoms with Gasteiger partial charge in [-0.1, -0.05) is 25.0 Å². The molecular formula is C21H25FN4O2. The smallest absolute Gasteiger partial charge is 0.226 e. The van der Waals surface area contributed by atoms with Crippen LogP contribution in [0.15, 0.2) is 36.7 Å². The molecule has 1 aromatic carbocycles. The first-order valence-electron chi connectivity index (χ1n) is 9.85.